The fourth-order valence-corrected chi connectivity index (χ4v) is 1.88. The zero-order valence-electron chi connectivity index (χ0n) is 9.56. The van der Waals surface area contributed by atoms with E-state index < -0.39 is 0 Å². The minimum Gasteiger partial charge on any atom is -0.482 e. The van der Waals surface area contributed by atoms with Crippen LogP contribution in [-0.2, 0) is 4.79 Å². The third kappa shape index (κ3) is 2.76. The molecule has 1 aromatic carbocycles. The van der Waals surface area contributed by atoms with Crippen molar-refractivity contribution in [1.82, 2.24) is 4.90 Å². The van der Waals surface area contributed by atoms with E-state index in [1.165, 1.54) is 0 Å². The molecule has 1 fully saturated rings. The number of para-hydroxylation sites is 1. The number of carbonyl (C=O) groups is 1. The summed E-state index contributed by atoms with van der Waals surface area (Å²) in [4.78, 5) is 13.5. The minimum absolute atomic E-state index is 0.00440. The molecule has 4 heteroatoms. The van der Waals surface area contributed by atoms with Gasteiger partial charge in [0.2, 0.25) is 0 Å². The highest BCUT2D eigenvalue weighted by Gasteiger charge is 2.18. The van der Waals surface area contributed by atoms with E-state index in [1.807, 2.05) is 6.07 Å². The molecular weight excluding hydrogens is 216 g/mol. The fourth-order valence-electron chi connectivity index (χ4n) is 1.88. The van der Waals surface area contributed by atoms with Crippen molar-refractivity contribution in [3.8, 4) is 11.8 Å². The molecular formula is C13H14N2O2. The zero-order chi connectivity index (χ0) is 12.1. The van der Waals surface area contributed by atoms with Gasteiger partial charge in [0.15, 0.2) is 6.61 Å². The van der Waals surface area contributed by atoms with Crippen LogP contribution in [0, 0.1) is 11.3 Å². The number of carbonyl (C=O) groups excluding carboxylic acids is 1. The summed E-state index contributed by atoms with van der Waals surface area (Å²) in [6, 6.07) is 8.98. The van der Waals surface area contributed by atoms with Crippen LogP contribution in [0.15, 0.2) is 24.3 Å². The maximum Gasteiger partial charge on any atom is 0.260 e. The van der Waals surface area contributed by atoms with Crippen LogP contribution in [-0.4, -0.2) is 30.5 Å². The number of hydrogen-bond donors (Lipinski definition) is 0. The average molecular weight is 230 g/mol. The summed E-state index contributed by atoms with van der Waals surface area (Å²) in [5.41, 5.74) is 0.460. The van der Waals surface area contributed by atoms with E-state index in [-0.39, 0.29) is 12.5 Å². The van der Waals surface area contributed by atoms with Crippen molar-refractivity contribution in [1.29, 1.82) is 5.26 Å². The van der Waals surface area contributed by atoms with Gasteiger partial charge in [-0.15, -0.1) is 0 Å². The second kappa shape index (κ2) is 5.35. The predicted octanol–water partition coefficient (Wildman–Crippen LogP) is 1.56. The lowest BCUT2D eigenvalue weighted by molar-refractivity contribution is -0.132. The molecule has 1 aliphatic heterocycles. The molecule has 1 aliphatic rings. The van der Waals surface area contributed by atoms with Crippen molar-refractivity contribution in [2.45, 2.75) is 12.8 Å². The smallest absolute Gasteiger partial charge is 0.260 e. The number of rotatable bonds is 3. The molecule has 0 aromatic heterocycles. The second-order valence-corrected chi connectivity index (χ2v) is 3.98. The lowest BCUT2D eigenvalue weighted by Crippen LogP contribution is -2.32. The van der Waals surface area contributed by atoms with Gasteiger partial charge in [0.1, 0.15) is 11.8 Å². The molecule has 0 atom stereocenters. The molecule has 4 nitrogen and oxygen atoms in total. The van der Waals surface area contributed by atoms with Crippen LogP contribution in [0.25, 0.3) is 0 Å². The van der Waals surface area contributed by atoms with Gasteiger partial charge in [0.05, 0.1) is 5.56 Å². The molecule has 17 heavy (non-hydrogen) atoms. The molecule has 2 rings (SSSR count). The first kappa shape index (κ1) is 11.5. The van der Waals surface area contributed by atoms with E-state index in [9.17, 15) is 4.79 Å². The Balaban J connectivity index is 1.93. The van der Waals surface area contributed by atoms with Crippen molar-refractivity contribution in [2.75, 3.05) is 19.7 Å². The van der Waals surface area contributed by atoms with Gasteiger partial charge >= 0.3 is 0 Å². The lowest BCUT2D eigenvalue weighted by atomic mass is 10.2. The van der Waals surface area contributed by atoms with Crippen molar-refractivity contribution in [2.24, 2.45) is 0 Å². The van der Waals surface area contributed by atoms with Gasteiger partial charge in [-0.1, -0.05) is 12.1 Å². The number of amides is 1. The maximum atomic E-state index is 11.7. The Morgan fingerprint density at radius 1 is 1.35 bits per heavy atom. The largest absolute Gasteiger partial charge is 0.482 e. The first-order valence-electron chi connectivity index (χ1n) is 5.71. The molecule has 0 bridgehead atoms. The summed E-state index contributed by atoms with van der Waals surface area (Å²) in [5, 5.41) is 8.87. The fraction of sp³-hybridized carbons (Fsp3) is 0.385. The summed E-state index contributed by atoms with van der Waals surface area (Å²) in [6.45, 7) is 1.66. The van der Waals surface area contributed by atoms with Crippen LogP contribution in [0.1, 0.15) is 18.4 Å². The zero-order valence-corrected chi connectivity index (χ0v) is 9.56. The summed E-state index contributed by atoms with van der Waals surface area (Å²) in [7, 11) is 0. The Hall–Kier alpha value is -2.02. The molecule has 88 valence electrons. The quantitative estimate of drug-likeness (QED) is 0.791. The standard InChI is InChI=1S/C13H14N2O2/c14-9-11-5-1-2-6-12(11)17-10-13(16)15-7-3-4-8-15/h1-2,5-6H,3-4,7-8,10H2. The monoisotopic (exact) mass is 230 g/mol. The summed E-state index contributed by atoms with van der Waals surface area (Å²) in [5.74, 6) is 0.470. The summed E-state index contributed by atoms with van der Waals surface area (Å²) >= 11 is 0. The van der Waals surface area contributed by atoms with Gasteiger partial charge in [0, 0.05) is 13.1 Å². The molecule has 0 unspecified atom stereocenters. The van der Waals surface area contributed by atoms with Gasteiger partial charge in [-0.05, 0) is 25.0 Å². The third-order valence-electron chi connectivity index (χ3n) is 2.82. The van der Waals surface area contributed by atoms with Crippen LogP contribution in [0.2, 0.25) is 0 Å². The molecule has 0 N–H and O–H groups in total. The van der Waals surface area contributed by atoms with Crippen molar-refractivity contribution < 1.29 is 9.53 Å². The Morgan fingerprint density at radius 2 is 2.06 bits per heavy atom. The van der Waals surface area contributed by atoms with E-state index in [0.29, 0.717) is 11.3 Å². The number of ether oxygens (including phenoxy) is 1. The third-order valence-corrected chi connectivity index (χ3v) is 2.82. The SMILES string of the molecule is N#Cc1ccccc1OCC(=O)N1CCCC1. The van der Waals surface area contributed by atoms with Crippen molar-refractivity contribution in [3.63, 3.8) is 0 Å². The van der Waals surface area contributed by atoms with E-state index in [0.717, 1.165) is 25.9 Å². The van der Waals surface area contributed by atoms with Crippen LogP contribution < -0.4 is 4.74 Å². The number of hydrogen-bond acceptors (Lipinski definition) is 3. The minimum atomic E-state index is -0.00440. The maximum absolute atomic E-state index is 11.7. The Labute approximate surface area is 100 Å². The Kier molecular flexibility index (Phi) is 3.61. The van der Waals surface area contributed by atoms with Crippen LogP contribution in [0.4, 0.5) is 0 Å². The summed E-state index contributed by atoms with van der Waals surface area (Å²) < 4.78 is 5.39. The van der Waals surface area contributed by atoms with Crippen LogP contribution in [0.3, 0.4) is 0 Å². The second-order valence-electron chi connectivity index (χ2n) is 3.98. The number of nitriles is 1. The molecule has 1 amide bonds. The highest BCUT2D eigenvalue weighted by molar-refractivity contribution is 5.78. The van der Waals surface area contributed by atoms with Gasteiger partial charge in [0.25, 0.3) is 5.91 Å². The predicted molar refractivity (Wildman–Crippen MR) is 62.5 cm³/mol. The number of benzene rings is 1. The molecule has 0 spiro atoms. The Morgan fingerprint density at radius 3 is 2.76 bits per heavy atom. The van der Waals surface area contributed by atoms with E-state index >= 15 is 0 Å². The Bertz CT molecular complexity index is 445. The molecule has 1 heterocycles. The summed E-state index contributed by atoms with van der Waals surface area (Å²) in [6.07, 6.45) is 2.14. The van der Waals surface area contributed by atoms with Crippen molar-refractivity contribution in [3.05, 3.63) is 29.8 Å². The number of likely N-dealkylation sites (tertiary alicyclic amines) is 1. The lowest BCUT2D eigenvalue weighted by Gasteiger charge is -2.15. The van der Waals surface area contributed by atoms with E-state index in [1.54, 1.807) is 29.2 Å². The molecule has 0 aliphatic carbocycles. The molecule has 1 saturated heterocycles. The first-order chi connectivity index (χ1) is 8.31. The van der Waals surface area contributed by atoms with Gasteiger partial charge in [-0.3, -0.25) is 4.79 Å². The molecule has 0 saturated carbocycles. The van der Waals surface area contributed by atoms with Gasteiger partial charge in [-0.2, -0.15) is 5.26 Å². The molecule has 1 aromatic rings. The van der Waals surface area contributed by atoms with Gasteiger partial charge in [-0.25, -0.2) is 0 Å². The normalized spacial score (nSPS) is 14.4. The highest BCUT2D eigenvalue weighted by atomic mass is 16.5. The van der Waals surface area contributed by atoms with E-state index in [4.69, 9.17) is 10.00 Å². The van der Waals surface area contributed by atoms with Gasteiger partial charge < -0.3 is 9.64 Å². The first-order valence-corrected chi connectivity index (χ1v) is 5.71. The average Bonchev–Trinajstić information content (AvgIpc) is 2.90. The number of nitrogens with zero attached hydrogens (tertiary/aromatic N) is 2. The molecule has 0 radical (unpaired) electrons. The topological polar surface area (TPSA) is 53.3 Å². The van der Waals surface area contributed by atoms with Crippen LogP contribution >= 0.6 is 0 Å². The van der Waals surface area contributed by atoms with Crippen molar-refractivity contribution >= 4 is 5.91 Å². The van der Waals surface area contributed by atoms with E-state index in [2.05, 4.69) is 0 Å². The van der Waals surface area contributed by atoms with Crippen LogP contribution in [0.5, 0.6) is 5.75 Å². The highest BCUT2D eigenvalue weighted by Crippen LogP contribution is 2.17.